The number of hydrogen-bond donors (Lipinski definition) is 1. The molecular weight excluding hydrogens is 397 g/mol. The van der Waals surface area contributed by atoms with E-state index in [9.17, 15) is 4.39 Å². The van der Waals surface area contributed by atoms with Gasteiger partial charge in [0.2, 0.25) is 0 Å². The van der Waals surface area contributed by atoms with E-state index in [-0.39, 0.29) is 5.82 Å². The Kier molecular flexibility index (Phi) is 6.63. The van der Waals surface area contributed by atoms with Crippen molar-refractivity contribution in [2.24, 2.45) is 0 Å². The molecule has 4 aromatic carbocycles. The van der Waals surface area contributed by atoms with E-state index in [0.29, 0.717) is 18.2 Å². The zero-order valence-electron chi connectivity index (χ0n) is 16.6. The van der Waals surface area contributed by atoms with Gasteiger partial charge in [-0.3, -0.25) is 0 Å². The fourth-order valence-electron chi connectivity index (χ4n) is 3.52. The lowest BCUT2D eigenvalue weighted by atomic mass is 10.0. The van der Waals surface area contributed by atoms with Gasteiger partial charge in [-0.1, -0.05) is 66.2 Å². The zero-order chi connectivity index (χ0) is 20.8. The molecule has 0 spiro atoms. The van der Waals surface area contributed by atoms with Gasteiger partial charge in [0.25, 0.3) is 0 Å². The average Bonchev–Trinajstić information content (AvgIpc) is 2.77. The van der Waals surface area contributed by atoms with E-state index < -0.39 is 0 Å². The highest BCUT2D eigenvalue weighted by Crippen LogP contribution is 2.29. The van der Waals surface area contributed by atoms with Crippen molar-refractivity contribution in [2.45, 2.75) is 19.6 Å². The van der Waals surface area contributed by atoms with E-state index in [1.807, 2.05) is 54.6 Å². The highest BCUT2D eigenvalue weighted by Gasteiger charge is 2.09. The smallest absolute Gasteiger partial charge is 0.124 e. The van der Waals surface area contributed by atoms with E-state index in [1.54, 1.807) is 0 Å². The Morgan fingerprint density at radius 3 is 2.50 bits per heavy atom. The molecule has 0 aliphatic rings. The van der Waals surface area contributed by atoms with Gasteiger partial charge >= 0.3 is 0 Å². The highest BCUT2D eigenvalue weighted by molar-refractivity contribution is 6.30. The molecule has 30 heavy (non-hydrogen) atoms. The summed E-state index contributed by atoms with van der Waals surface area (Å²) in [4.78, 5) is 0. The van der Waals surface area contributed by atoms with Crippen LogP contribution in [0, 0.1) is 5.82 Å². The quantitative estimate of drug-likeness (QED) is 0.327. The molecular formula is C26H23ClFNO. The van der Waals surface area contributed by atoms with Crippen molar-refractivity contribution in [1.82, 2.24) is 5.32 Å². The molecule has 0 amide bonds. The summed E-state index contributed by atoms with van der Waals surface area (Å²) in [6.07, 6.45) is 0.837. The first kappa shape index (κ1) is 20.4. The van der Waals surface area contributed by atoms with Crippen LogP contribution < -0.4 is 10.1 Å². The molecule has 4 aromatic rings. The largest absolute Gasteiger partial charge is 0.489 e. The molecule has 2 nitrogen and oxygen atoms in total. The lowest BCUT2D eigenvalue weighted by Gasteiger charge is -2.15. The van der Waals surface area contributed by atoms with Gasteiger partial charge < -0.3 is 10.1 Å². The predicted molar refractivity (Wildman–Crippen MR) is 122 cm³/mol. The van der Waals surface area contributed by atoms with Crippen LogP contribution in [0.15, 0.2) is 84.9 Å². The first-order chi connectivity index (χ1) is 14.7. The number of fused-ring (bicyclic) bond motifs is 1. The number of hydrogen-bond acceptors (Lipinski definition) is 2. The molecule has 4 rings (SSSR count). The summed E-state index contributed by atoms with van der Waals surface area (Å²) in [5, 5.41) is 6.58. The van der Waals surface area contributed by atoms with Crippen molar-refractivity contribution in [1.29, 1.82) is 0 Å². The van der Waals surface area contributed by atoms with Crippen molar-refractivity contribution in [3.05, 3.63) is 112 Å². The molecule has 0 aliphatic carbocycles. The SMILES string of the molecule is Fc1ccc(CCNCc2c(OCc3cccc(Cl)c3)ccc3ccccc23)cc1. The average molecular weight is 420 g/mol. The molecule has 0 unspecified atom stereocenters. The molecule has 0 fully saturated rings. The summed E-state index contributed by atoms with van der Waals surface area (Å²) < 4.78 is 19.2. The summed E-state index contributed by atoms with van der Waals surface area (Å²) in [6, 6.07) is 26.8. The van der Waals surface area contributed by atoms with Gasteiger partial charge in [0.1, 0.15) is 18.2 Å². The fourth-order valence-corrected chi connectivity index (χ4v) is 3.73. The number of ether oxygens (including phenoxy) is 1. The van der Waals surface area contributed by atoms with Gasteiger partial charge in [-0.15, -0.1) is 0 Å². The predicted octanol–water partition coefficient (Wildman–Crippen LogP) is 6.54. The standard InChI is InChI=1S/C26H23ClFNO/c27-22-6-3-4-20(16-22)18-30-26-13-10-21-5-1-2-7-24(21)25(26)17-29-15-14-19-8-11-23(28)12-9-19/h1-13,16,29H,14-15,17-18H2. The summed E-state index contributed by atoms with van der Waals surface area (Å²) >= 11 is 6.09. The van der Waals surface area contributed by atoms with Crippen molar-refractivity contribution in [3.8, 4) is 5.75 Å². The minimum Gasteiger partial charge on any atom is -0.489 e. The van der Waals surface area contributed by atoms with Crippen LogP contribution in [0.2, 0.25) is 5.02 Å². The molecule has 0 radical (unpaired) electrons. The first-order valence-corrected chi connectivity index (χ1v) is 10.4. The van der Waals surface area contributed by atoms with E-state index in [4.69, 9.17) is 16.3 Å². The van der Waals surface area contributed by atoms with Crippen molar-refractivity contribution < 1.29 is 9.13 Å². The Bertz CT molecular complexity index is 1130. The summed E-state index contributed by atoms with van der Waals surface area (Å²) in [6.45, 7) is 1.94. The fraction of sp³-hybridized carbons (Fsp3) is 0.154. The van der Waals surface area contributed by atoms with Gasteiger partial charge in [-0.2, -0.15) is 0 Å². The zero-order valence-corrected chi connectivity index (χ0v) is 17.3. The van der Waals surface area contributed by atoms with Gasteiger partial charge in [0, 0.05) is 17.1 Å². The van der Waals surface area contributed by atoms with Crippen LogP contribution in [0.5, 0.6) is 5.75 Å². The first-order valence-electron chi connectivity index (χ1n) is 10.0. The van der Waals surface area contributed by atoms with Crippen LogP contribution in [0.25, 0.3) is 10.8 Å². The van der Waals surface area contributed by atoms with Gasteiger partial charge in [0.05, 0.1) is 0 Å². The van der Waals surface area contributed by atoms with E-state index in [2.05, 4.69) is 23.5 Å². The molecule has 0 saturated heterocycles. The van der Waals surface area contributed by atoms with Crippen molar-refractivity contribution >= 4 is 22.4 Å². The second-order valence-electron chi connectivity index (χ2n) is 7.24. The summed E-state index contributed by atoms with van der Waals surface area (Å²) in [5.74, 6) is 0.659. The number of rotatable bonds is 8. The third-order valence-electron chi connectivity index (χ3n) is 5.09. The third kappa shape index (κ3) is 5.18. The molecule has 0 atom stereocenters. The lowest BCUT2D eigenvalue weighted by molar-refractivity contribution is 0.303. The summed E-state index contributed by atoms with van der Waals surface area (Å²) in [5.41, 5.74) is 3.28. The Hall–Kier alpha value is -2.88. The molecule has 4 heteroatoms. The van der Waals surface area contributed by atoms with E-state index >= 15 is 0 Å². The number of benzene rings is 4. The van der Waals surface area contributed by atoms with E-state index in [1.165, 1.54) is 22.9 Å². The molecule has 0 heterocycles. The molecule has 0 bridgehead atoms. The molecule has 1 N–H and O–H groups in total. The molecule has 0 saturated carbocycles. The summed E-state index contributed by atoms with van der Waals surface area (Å²) in [7, 11) is 0. The van der Waals surface area contributed by atoms with Gasteiger partial charge in [-0.25, -0.2) is 4.39 Å². The van der Waals surface area contributed by atoms with Crippen LogP contribution in [0.1, 0.15) is 16.7 Å². The molecule has 152 valence electrons. The number of halogens is 2. The Balaban J connectivity index is 1.47. The topological polar surface area (TPSA) is 21.3 Å². The Labute approximate surface area is 181 Å². The highest BCUT2D eigenvalue weighted by atomic mass is 35.5. The molecule has 0 aliphatic heterocycles. The van der Waals surface area contributed by atoms with Crippen molar-refractivity contribution in [2.75, 3.05) is 6.54 Å². The maximum absolute atomic E-state index is 13.1. The monoisotopic (exact) mass is 419 g/mol. The minimum atomic E-state index is -0.205. The Morgan fingerprint density at radius 2 is 1.67 bits per heavy atom. The van der Waals surface area contributed by atoms with Crippen LogP contribution in [-0.2, 0) is 19.6 Å². The van der Waals surface area contributed by atoms with Crippen molar-refractivity contribution in [3.63, 3.8) is 0 Å². The normalized spacial score (nSPS) is 11.0. The maximum Gasteiger partial charge on any atom is 0.124 e. The van der Waals surface area contributed by atoms with Gasteiger partial charge in [-0.05, 0) is 65.2 Å². The maximum atomic E-state index is 13.1. The molecule has 0 aromatic heterocycles. The van der Waals surface area contributed by atoms with Crippen LogP contribution in [0.4, 0.5) is 4.39 Å². The number of nitrogens with one attached hydrogen (secondary N) is 1. The van der Waals surface area contributed by atoms with Crippen LogP contribution in [0.3, 0.4) is 0 Å². The second-order valence-corrected chi connectivity index (χ2v) is 7.67. The minimum absolute atomic E-state index is 0.205. The second kappa shape index (κ2) is 9.75. The van der Waals surface area contributed by atoms with Crippen LogP contribution in [-0.4, -0.2) is 6.54 Å². The van der Waals surface area contributed by atoms with Crippen LogP contribution >= 0.6 is 11.6 Å². The Morgan fingerprint density at radius 1 is 0.833 bits per heavy atom. The third-order valence-corrected chi connectivity index (χ3v) is 5.32. The van der Waals surface area contributed by atoms with Gasteiger partial charge in [0.15, 0.2) is 0 Å². The lowest BCUT2D eigenvalue weighted by Crippen LogP contribution is -2.17. The van der Waals surface area contributed by atoms with E-state index in [0.717, 1.165) is 35.4 Å².